The standard InChI is InChI=1S/C23H19FN4O3/c1-14-7-5-8-15(2)21(14)25-19(29)13-28-18(11-6-12-20(28)30)23-26-22(27-31-23)16-9-3-4-10-17(16)24/h3-12H,13H2,1-2H3,(H,25,29). The highest BCUT2D eigenvalue weighted by Gasteiger charge is 2.18. The minimum absolute atomic E-state index is 0.0100. The Hall–Kier alpha value is -4.07. The van der Waals surface area contributed by atoms with Crippen molar-refractivity contribution in [3.63, 3.8) is 0 Å². The molecule has 2 heterocycles. The Bertz CT molecular complexity index is 1310. The number of pyridine rings is 1. The summed E-state index contributed by atoms with van der Waals surface area (Å²) in [5, 5.41) is 6.68. The molecule has 0 aliphatic heterocycles. The van der Waals surface area contributed by atoms with E-state index in [9.17, 15) is 14.0 Å². The maximum absolute atomic E-state index is 14.0. The maximum Gasteiger partial charge on any atom is 0.274 e. The van der Waals surface area contributed by atoms with Gasteiger partial charge in [-0.1, -0.05) is 41.6 Å². The predicted octanol–water partition coefficient (Wildman–Crippen LogP) is 3.96. The molecule has 0 aliphatic rings. The van der Waals surface area contributed by atoms with Crippen LogP contribution in [-0.4, -0.2) is 20.6 Å². The summed E-state index contributed by atoms with van der Waals surface area (Å²) in [4.78, 5) is 29.4. The number of nitrogens with zero attached hydrogens (tertiary/aromatic N) is 3. The summed E-state index contributed by atoms with van der Waals surface area (Å²) in [6.07, 6.45) is 0. The highest BCUT2D eigenvalue weighted by Crippen LogP contribution is 2.24. The Kier molecular flexibility index (Phi) is 5.44. The third-order valence-corrected chi connectivity index (χ3v) is 4.86. The minimum Gasteiger partial charge on any atom is -0.332 e. The number of benzene rings is 2. The normalized spacial score (nSPS) is 10.8. The van der Waals surface area contributed by atoms with Crippen molar-refractivity contribution in [1.29, 1.82) is 0 Å². The second-order valence-corrected chi connectivity index (χ2v) is 7.05. The SMILES string of the molecule is Cc1cccc(C)c1NC(=O)Cn1c(-c2nc(-c3ccccc3F)no2)cccc1=O. The van der Waals surface area contributed by atoms with E-state index < -0.39 is 11.4 Å². The van der Waals surface area contributed by atoms with Gasteiger partial charge in [-0.3, -0.25) is 14.2 Å². The highest BCUT2D eigenvalue weighted by atomic mass is 19.1. The summed E-state index contributed by atoms with van der Waals surface area (Å²) in [6.45, 7) is 3.54. The van der Waals surface area contributed by atoms with Crippen LogP contribution in [0.5, 0.6) is 0 Å². The van der Waals surface area contributed by atoms with Gasteiger partial charge in [0.1, 0.15) is 18.1 Å². The number of hydrogen-bond donors (Lipinski definition) is 1. The minimum atomic E-state index is -0.492. The molecule has 0 atom stereocenters. The van der Waals surface area contributed by atoms with E-state index in [1.807, 2.05) is 32.0 Å². The van der Waals surface area contributed by atoms with Gasteiger partial charge in [0, 0.05) is 11.8 Å². The van der Waals surface area contributed by atoms with Crippen LogP contribution < -0.4 is 10.9 Å². The summed E-state index contributed by atoms with van der Waals surface area (Å²) in [5.74, 6) is -0.805. The third kappa shape index (κ3) is 4.13. The first-order valence-electron chi connectivity index (χ1n) is 9.59. The van der Waals surface area contributed by atoms with Gasteiger partial charge in [-0.15, -0.1) is 0 Å². The Balaban J connectivity index is 1.65. The van der Waals surface area contributed by atoms with E-state index in [-0.39, 0.29) is 35.4 Å². The average molecular weight is 418 g/mol. The van der Waals surface area contributed by atoms with E-state index >= 15 is 0 Å². The van der Waals surface area contributed by atoms with Gasteiger partial charge in [0.25, 0.3) is 11.4 Å². The number of nitrogens with one attached hydrogen (secondary N) is 1. The monoisotopic (exact) mass is 418 g/mol. The molecule has 2 aromatic carbocycles. The van der Waals surface area contributed by atoms with E-state index in [4.69, 9.17) is 4.52 Å². The largest absolute Gasteiger partial charge is 0.332 e. The molecule has 4 aromatic rings. The first-order chi connectivity index (χ1) is 14.9. The predicted molar refractivity (Wildman–Crippen MR) is 114 cm³/mol. The van der Waals surface area contributed by atoms with Crippen molar-refractivity contribution in [2.45, 2.75) is 20.4 Å². The van der Waals surface area contributed by atoms with Crippen LogP contribution in [0.3, 0.4) is 0 Å². The van der Waals surface area contributed by atoms with Crippen LogP contribution in [0.2, 0.25) is 0 Å². The van der Waals surface area contributed by atoms with Crippen LogP contribution in [-0.2, 0) is 11.3 Å². The van der Waals surface area contributed by atoms with E-state index in [0.29, 0.717) is 5.69 Å². The van der Waals surface area contributed by atoms with Gasteiger partial charge in [0.05, 0.1) is 5.56 Å². The molecule has 0 saturated heterocycles. The summed E-state index contributed by atoms with van der Waals surface area (Å²) in [5.41, 5.74) is 2.58. The third-order valence-electron chi connectivity index (χ3n) is 4.86. The molecule has 7 nitrogen and oxygen atoms in total. The molecule has 4 rings (SSSR count). The first kappa shape index (κ1) is 20.2. The van der Waals surface area contributed by atoms with Gasteiger partial charge in [0.2, 0.25) is 11.7 Å². The Morgan fingerprint density at radius 3 is 2.48 bits per heavy atom. The molecule has 0 radical (unpaired) electrons. The van der Waals surface area contributed by atoms with Gasteiger partial charge in [-0.05, 0) is 43.2 Å². The van der Waals surface area contributed by atoms with Crippen LogP contribution in [0.1, 0.15) is 11.1 Å². The fourth-order valence-electron chi connectivity index (χ4n) is 3.28. The number of carbonyl (C=O) groups is 1. The van der Waals surface area contributed by atoms with Crippen LogP contribution in [0.4, 0.5) is 10.1 Å². The zero-order chi connectivity index (χ0) is 22.0. The summed E-state index contributed by atoms with van der Waals surface area (Å²) < 4.78 is 20.6. The average Bonchev–Trinajstić information content (AvgIpc) is 3.22. The number of para-hydroxylation sites is 1. The van der Waals surface area contributed by atoms with E-state index in [1.54, 1.807) is 18.2 Å². The van der Waals surface area contributed by atoms with Crippen LogP contribution in [0.15, 0.2) is 70.0 Å². The fourth-order valence-corrected chi connectivity index (χ4v) is 3.28. The number of aromatic nitrogens is 3. The molecule has 156 valence electrons. The quantitative estimate of drug-likeness (QED) is 0.530. The fraction of sp³-hybridized carbons (Fsp3) is 0.130. The van der Waals surface area contributed by atoms with Gasteiger partial charge >= 0.3 is 0 Å². The van der Waals surface area contributed by atoms with E-state index in [1.165, 1.54) is 28.8 Å². The summed E-state index contributed by atoms with van der Waals surface area (Å²) >= 11 is 0. The lowest BCUT2D eigenvalue weighted by Crippen LogP contribution is -2.28. The molecule has 1 N–H and O–H groups in total. The molecule has 0 saturated carbocycles. The lowest BCUT2D eigenvalue weighted by molar-refractivity contribution is -0.116. The van der Waals surface area contributed by atoms with Crippen molar-refractivity contribution in [2.24, 2.45) is 0 Å². The van der Waals surface area contributed by atoms with Gasteiger partial charge < -0.3 is 9.84 Å². The molecule has 0 unspecified atom stereocenters. The summed E-state index contributed by atoms with van der Waals surface area (Å²) in [7, 11) is 0. The number of anilines is 1. The molecular formula is C23H19FN4O3. The molecular weight excluding hydrogens is 399 g/mol. The second-order valence-electron chi connectivity index (χ2n) is 7.05. The number of carbonyl (C=O) groups excluding carboxylic acids is 1. The Labute approximate surface area is 177 Å². The zero-order valence-electron chi connectivity index (χ0n) is 16.9. The first-order valence-corrected chi connectivity index (χ1v) is 9.59. The van der Waals surface area contributed by atoms with E-state index in [0.717, 1.165) is 11.1 Å². The van der Waals surface area contributed by atoms with Crippen molar-refractivity contribution >= 4 is 11.6 Å². The second kappa shape index (κ2) is 8.35. The zero-order valence-corrected chi connectivity index (χ0v) is 16.9. The molecule has 0 bridgehead atoms. The van der Waals surface area contributed by atoms with Crippen molar-refractivity contribution in [1.82, 2.24) is 14.7 Å². The van der Waals surface area contributed by atoms with E-state index in [2.05, 4.69) is 15.5 Å². The summed E-state index contributed by atoms with van der Waals surface area (Å²) in [6, 6.07) is 16.2. The molecule has 2 aromatic heterocycles. The molecule has 0 fully saturated rings. The van der Waals surface area contributed by atoms with Gasteiger partial charge in [-0.25, -0.2) is 4.39 Å². The number of hydrogen-bond acceptors (Lipinski definition) is 5. The molecule has 1 amide bonds. The van der Waals surface area contributed by atoms with Crippen molar-refractivity contribution in [3.8, 4) is 23.0 Å². The van der Waals surface area contributed by atoms with Gasteiger partial charge in [0.15, 0.2) is 0 Å². The topological polar surface area (TPSA) is 90.0 Å². The number of rotatable bonds is 5. The number of aryl methyl sites for hydroxylation is 2. The van der Waals surface area contributed by atoms with Crippen molar-refractivity contribution < 1.29 is 13.7 Å². The molecule has 8 heteroatoms. The highest BCUT2D eigenvalue weighted by molar-refractivity contribution is 5.92. The number of halogens is 1. The lowest BCUT2D eigenvalue weighted by atomic mass is 10.1. The molecule has 0 spiro atoms. The van der Waals surface area contributed by atoms with Crippen molar-refractivity contribution in [2.75, 3.05) is 5.32 Å². The Morgan fingerprint density at radius 1 is 1.03 bits per heavy atom. The van der Waals surface area contributed by atoms with Gasteiger partial charge in [-0.2, -0.15) is 4.98 Å². The van der Waals surface area contributed by atoms with Crippen molar-refractivity contribution in [3.05, 3.63) is 88.0 Å². The molecule has 31 heavy (non-hydrogen) atoms. The number of amides is 1. The maximum atomic E-state index is 14.0. The molecule has 0 aliphatic carbocycles. The smallest absolute Gasteiger partial charge is 0.274 e. The van der Waals surface area contributed by atoms with Crippen LogP contribution in [0.25, 0.3) is 23.0 Å². The Morgan fingerprint density at radius 2 is 1.74 bits per heavy atom. The van der Waals surface area contributed by atoms with Crippen LogP contribution >= 0.6 is 0 Å². The lowest BCUT2D eigenvalue weighted by Gasteiger charge is -2.13. The van der Waals surface area contributed by atoms with Crippen LogP contribution in [0, 0.1) is 19.7 Å².